The summed E-state index contributed by atoms with van der Waals surface area (Å²) in [5.74, 6) is -1.52. The first-order valence-corrected chi connectivity index (χ1v) is 12.8. The van der Waals surface area contributed by atoms with Gasteiger partial charge in [-0.25, -0.2) is 9.69 Å². The highest BCUT2D eigenvalue weighted by Crippen LogP contribution is 2.37. The van der Waals surface area contributed by atoms with Crippen LogP contribution in [0.2, 0.25) is 5.02 Å². The summed E-state index contributed by atoms with van der Waals surface area (Å²) in [6.45, 7) is 3.44. The van der Waals surface area contributed by atoms with E-state index in [9.17, 15) is 19.2 Å². The Morgan fingerprint density at radius 3 is 2.46 bits per heavy atom. The van der Waals surface area contributed by atoms with E-state index in [0.717, 1.165) is 16.0 Å². The molecule has 0 spiro atoms. The molecule has 1 aliphatic rings. The van der Waals surface area contributed by atoms with Crippen LogP contribution in [0.25, 0.3) is 6.08 Å². The molecule has 5 amide bonds. The number of nitrogens with zero attached hydrogens (tertiary/aromatic N) is 1. The van der Waals surface area contributed by atoms with Gasteiger partial charge >= 0.3 is 6.03 Å². The van der Waals surface area contributed by atoms with Gasteiger partial charge < -0.3 is 14.8 Å². The summed E-state index contributed by atoms with van der Waals surface area (Å²) in [5, 5.41) is 5.29. The minimum Gasteiger partial charge on any atom is -0.493 e. The molecule has 0 aliphatic carbocycles. The fourth-order valence-electron chi connectivity index (χ4n) is 3.71. The third kappa shape index (κ3) is 6.30. The highest BCUT2D eigenvalue weighted by atomic mass is 79.9. The number of aryl methyl sites for hydroxylation is 2. The average molecular weight is 613 g/mol. The molecule has 39 heavy (non-hydrogen) atoms. The standard InChI is InChI=1S/C28H23BrClN3O6/c1-15-4-7-18(8-5-15)31-24(34)14-39-25-21(29)11-17(12-23(25)38-3)10-20-26(35)32-28(37)33(27(20)36)19-9-6-16(2)22(30)13-19/h4-13H,14H2,1-3H3,(H,31,34)(H,32,35,37)/b20-10+. The van der Waals surface area contributed by atoms with E-state index in [2.05, 4.69) is 26.6 Å². The zero-order valence-electron chi connectivity index (χ0n) is 21.1. The van der Waals surface area contributed by atoms with Gasteiger partial charge in [0.15, 0.2) is 18.1 Å². The molecular formula is C28H23BrClN3O6. The van der Waals surface area contributed by atoms with E-state index in [1.165, 1.54) is 25.3 Å². The molecule has 0 atom stereocenters. The lowest BCUT2D eigenvalue weighted by molar-refractivity contribution is -0.122. The molecule has 4 rings (SSSR count). The Labute approximate surface area is 237 Å². The molecule has 0 radical (unpaired) electrons. The molecule has 3 aromatic carbocycles. The number of nitrogens with one attached hydrogen (secondary N) is 2. The first kappa shape index (κ1) is 27.9. The summed E-state index contributed by atoms with van der Waals surface area (Å²) in [6.07, 6.45) is 1.33. The first-order valence-electron chi connectivity index (χ1n) is 11.6. The van der Waals surface area contributed by atoms with Crippen LogP contribution in [0, 0.1) is 13.8 Å². The van der Waals surface area contributed by atoms with Crippen LogP contribution in [0.15, 0.2) is 64.6 Å². The molecule has 0 aromatic heterocycles. The predicted octanol–water partition coefficient (Wildman–Crippen LogP) is 5.41. The maximum Gasteiger partial charge on any atom is 0.335 e. The van der Waals surface area contributed by atoms with Gasteiger partial charge in [0.1, 0.15) is 5.57 Å². The lowest BCUT2D eigenvalue weighted by Crippen LogP contribution is -2.54. The van der Waals surface area contributed by atoms with E-state index in [1.54, 1.807) is 37.3 Å². The number of barbiturate groups is 1. The van der Waals surface area contributed by atoms with Gasteiger partial charge in [-0.05, 0) is 83.4 Å². The zero-order valence-corrected chi connectivity index (χ0v) is 23.5. The second-order valence-corrected chi connectivity index (χ2v) is 9.89. The zero-order chi connectivity index (χ0) is 28.3. The number of hydrogen-bond donors (Lipinski definition) is 2. The van der Waals surface area contributed by atoms with E-state index < -0.39 is 17.8 Å². The topological polar surface area (TPSA) is 114 Å². The van der Waals surface area contributed by atoms with E-state index >= 15 is 0 Å². The molecule has 1 heterocycles. The van der Waals surface area contributed by atoms with Gasteiger partial charge in [-0.15, -0.1) is 0 Å². The monoisotopic (exact) mass is 611 g/mol. The van der Waals surface area contributed by atoms with Gasteiger partial charge in [-0.3, -0.25) is 19.7 Å². The van der Waals surface area contributed by atoms with Gasteiger partial charge in [0.05, 0.1) is 17.3 Å². The lowest BCUT2D eigenvalue weighted by Gasteiger charge is -2.26. The lowest BCUT2D eigenvalue weighted by atomic mass is 10.1. The van der Waals surface area contributed by atoms with Crippen LogP contribution in [0.1, 0.15) is 16.7 Å². The number of carbonyl (C=O) groups is 4. The number of rotatable bonds is 7. The van der Waals surface area contributed by atoms with Crippen molar-refractivity contribution >= 4 is 68.7 Å². The molecule has 1 aliphatic heterocycles. The van der Waals surface area contributed by atoms with Crippen molar-refractivity contribution in [3.05, 3.63) is 86.4 Å². The second-order valence-electron chi connectivity index (χ2n) is 8.63. The third-order valence-electron chi connectivity index (χ3n) is 5.76. The number of benzene rings is 3. The van der Waals surface area contributed by atoms with Crippen LogP contribution < -0.4 is 25.0 Å². The van der Waals surface area contributed by atoms with Crippen molar-refractivity contribution in [1.82, 2.24) is 5.32 Å². The van der Waals surface area contributed by atoms with Crippen molar-refractivity contribution in [2.75, 3.05) is 23.9 Å². The predicted molar refractivity (Wildman–Crippen MR) is 151 cm³/mol. The maximum absolute atomic E-state index is 13.2. The van der Waals surface area contributed by atoms with Crippen molar-refractivity contribution in [3.63, 3.8) is 0 Å². The average Bonchev–Trinajstić information content (AvgIpc) is 2.89. The smallest absolute Gasteiger partial charge is 0.335 e. The van der Waals surface area contributed by atoms with Crippen molar-refractivity contribution in [1.29, 1.82) is 0 Å². The fourth-order valence-corrected chi connectivity index (χ4v) is 4.46. The Bertz CT molecular complexity index is 1520. The molecule has 3 aromatic rings. The number of amides is 5. The number of halogens is 2. The highest BCUT2D eigenvalue weighted by Gasteiger charge is 2.37. The number of carbonyl (C=O) groups excluding carboxylic acids is 4. The number of hydrogen-bond acceptors (Lipinski definition) is 6. The minimum absolute atomic E-state index is 0.220. The summed E-state index contributed by atoms with van der Waals surface area (Å²) in [6, 6.07) is 14.3. The fraction of sp³-hybridized carbons (Fsp3) is 0.143. The van der Waals surface area contributed by atoms with Crippen LogP contribution in [-0.4, -0.2) is 37.5 Å². The number of urea groups is 1. The normalized spacial score (nSPS) is 14.3. The molecule has 1 saturated heterocycles. The molecule has 0 saturated carbocycles. The van der Waals surface area contributed by atoms with Gasteiger partial charge in [-0.1, -0.05) is 35.4 Å². The van der Waals surface area contributed by atoms with E-state index in [1.807, 2.05) is 19.1 Å². The molecule has 1 fully saturated rings. The molecule has 2 N–H and O–H groups in total. The molecule has 0 bridgehead atoms. The van der Waals surface area contributed by atoms with Gasteiger partial charge in [0.2, 0.25) is 0 Å². The number of imide groups is 2. The van der Waals surface area contributed by atoms with Crippen LogP contribution in [-0.2, 0) is 14.4 Å². The van der Waals surface area contributed by atoms with Crippen LogP contribution >= 0.6 is 27.5 Å². The Hall–Kier alpha value is -4.15. The Kier molecular flexibility index (Phi) is 8.37. The third-order valence-corrected chi connectivity index (χ3v) is 6.76. The summed E-state index contributed by atoms with van der Waals surface area (Å²) < 4.78 is 11.5. The van der Waals surface area contributed by atoms with Gasteiger partial charge in [-0.2, -0.15) is 0 Å². The van der Waals surface area contributed by atoms with Crippen molar-refractivity contribution in [2.24, 2.45) is 0 Å². The summed E-state index contributed by atoms with van der Waals surface area (Å²) in [5.41, 5.74) is 2.83. The van der Waals surface area contributed by atoms with E-state index in [0.29, 0.717) is 20.7 Å². The molecule has 200 valence electrons. The molecule has 9 nitrogen and oxygen atoms in total. The minimum atomic E-state index is -0.881. The number of ether oxygens (including phenoxy) is 2. The van der Waals surface area contributed by atoms with Gasteiger partial charge in [0.25, 0.3) is 17.7 Å². The van der Waals surface area contributed by atoms with Gasteiger partial charge in [0, 0.05) is 10.7 Å². The van der Waals surface area contributed by atoms with E-state index in [4.69, 9.17) is 21.1 Å². The Morgan fingerprint density at radius 2 is 1.79 bits per heavy atom. The van der Waals surface area contributed by atoms with Crippen LogP contribution in [0.3, 0.4) is 0 Å². The van der Waals surface area contributed by atoms with Crippen molar-refractivity contribution in [2.45, 2.75) is 13.8 Å². The Morgan fingerprint density at radius 1 is 1.08 bits per heavy atom. The maximum atomic E-state index is 13.2. The highest BCUT2D eigenvalue weighted by molar-refractivity contribution is 9.10. The number of methoxy groups -OCH3 is 1. The van der Waals surface area contributed by atoms with Crippen molar-refractivity contribution in [3.8, 4) is 11.5 Å². The van der Waals surface area contributed by atoms with Crippen molar-refractivity contribution < 1.29 is 28.7 Å². The van der Waals surface area contributed by atoms with Crippen LogP contribution in [0.5, 0.6) is 11.5 Å². The number of anilines is 2. The summed E-state index contributed by atoms with van der Waals surface area (Å²) in [7, 11) is 1.41. The van der Waals surface area contributed by atoms with E-state index in [-0.39, 0.29) is 35.3 Å². The molecule has 0 unspecified atom stereocenters. The largest absolute Gasteiger partial charge is 0.493 e. The first-order chi connectivity index (χ1) is 18.6. The molecule has 11 heteroatoms. The quantitative estimate of drug-likeness (QED) is 0.272. The summed E-state index contributed by atoms with van der Waals surface area (Å²) in [4.78, 5) is 51.5. The Balaban J connectivity index is 1.56. The second kappa shape index (κ2) is 11.7. The summed E-state index contributed by atoms with van der Waals surface area (Å²) >= 11 is 9.57. The van der Waals surface area contributed by atoms with Crippen LogP contribution in [0.4, 0.5) is 16.2 Å². The molecular weight excluding hydrogens is 590 g/mol. The SMILES string of the molecule is COc1cc(/C=C2\C(=O)NC(=O)N(c3ccc(C)c(Cl)c3)C2=O)cc(Br)c1OCC(=O)Nc1ccc(C)cc1.